The third kappa shape index (κ3) is 3.36. The minimum atomic E-state index is -0.544. The SMILES string of the molecule is O=C(C=Cc1c(Cl)nc2ccccn12)Nc1ccc(F)c(Cl)c1. The molecular weight excluding hydrogens is 340 g/mol. The Morgan fingerprint density at radius 2 is 2.09 bits per heavy atom. The largest absolute Gasteiger partial charge is 0.322 e. The van der Waals surface area contributed by atoms with Gasteiger partial charge in [0.25, 0.3) is 0 Å². The molecule has 3 rings (SSSR count). The van der Waals surface area contributed by atoms with E-state index >= 15 is 0 Å². The van der Waals surface area contributed by atoms with Crippen LogP contribution < -0.4 is 5.32 Å². The van der Waals surface area contributed by atoms with Crippen LogP contribution in [-0.4, -0.2) is 15.3 Å². The number of carbonyl (C=O) groups excluding carboxylic acids is 1. The number of hydrogen-bond acceptors (Lipinski definition) is 2. The summed E-state index contributed by atoms with van der Waals surface area (Å²) in [7, 11) is 0. The van der Waals surface area contributed by atoms with Gasteiger partial charge in [0.2, 0.25) is 5.91 Å². The second-order valence-electron chi connectivity index (χ2n) is 4.67. The number of nitrogens with zero attached hydrogens (tertiary/aromatic N) is 2. The Morgan fingerprint density at radius 1 is 1.26 bits per heavy atom. The van der Waals surface area contributed by atoms with Crippen molar-refractivity contribution in [3.8, 4) is 0 Å². The first kappa shape index (κ1) is 15.5. The molecule has 0 spiro atoms. The fraction of sp³-hybridized carbons (Fsp3) is 0. The molecule has 4 nitrogen and oxygen atoms in total. The van der Waals surface area contributed by atoms with Gasteiger partial charge in [0, 0.05) is 18.0 Å². The number of rotatable bonds is 3. The number of pyridine rings is 1. The van der Waals surface area contributed by atoms with Gasteiger partial charge in [-0.2, -0.15) is 0 Å². The zero-order valence-corrected chi connectivity index (χ0v) is 13.1. The number of imidazole rings is 1. The Balaban J connectivity index is 1.80. The Bertz CT molecular complexity index is 921. The van der Waals surface area contributed by atoms with E-state index in [1.807, 2.05) is 18.2 Å². The van der Waals surface area contributed by atoms with Crippen LogP contribution in [0, 0.1) is 5.82 Å². The van der Waals surface area contributed by atoms with E-state index in [1.165, 1.54) is 24.3 Å². The van der Waals surface area contributed by atoms with E-state index in [9.17, 15) is 9.18 Å². The molecule has 0 bridgehead atoms. The second kappa shape index (κ2) is 6.40. The molecular formula is C16H10Cl2FN3O. The topological polar surface area (TPSA) is 46.4 Å². The Kier molecular flexibility index (Phi) is 4.32. The number of amides is 1. The van der Waals surface area contributed by atoms with E-state index < -0.39 is 11.7 Å². The molecule has 0 aliphatic heterocycles. The highest BCUT2D eigenvalue weighted by Gasteiger charge is 2.08. The Labute approximate surface area is 141 Å². The maximum atomic E-state index is 13.1. The number of anilines is 1. The molecule has 1 amide bonds. The van der Waals surface area contributed by atoms with Crippen molar-refractivity contribution in [1.82, 2.24) is 9.38 Å². The van der Waals surface area contributed by atoms with Gasteiger partial charge in [-0.3, -0.25) is 9.20 Å². The number of halogens is 3. The van der Waals surface area contributed by atoms with Gasteiger partial charge >= 0.3 is 0 Å². The van der Waals surface area contributed by atoms with Crippen molar-refractivity contribution in [2.45, 2.75) is 0 Å². The first-order valence-corrected chi connectivity index (χ1v) is 7.37. The van der Waals surface area contributed by atoms with Crippen molar-refractivity contribution in [3.05, 3.63) is 70.4 Å². The van der Waals surface area contributed by atoms with Crippen LogP contribution in [0.15, 0.2) is 48.7 Å². The first-order valence-electron chi connectivity index (χ1n) is 6.61. The third-order valence-corrected chi connectivity index (χ3v) is 3.67. The molecule has 0 unspecified atom stereocenters. The van der Waals surface area contributed by atoms with E-state index in [0.29, 0.717) is 22.2 Å². The molecule has 0 saturated heterocycles. The van der Waals surface area contributed by atoms with Gasteiger partial charge in [0.1, 0.15) is 11.5 Å². The highest BCUT2D eigenvalue weighted by Crippen LogP contribution is 2.20. The minimum absolute atomic E-state index is 0.0587. The first-order chi connectivity index (χ1) is 11.0. The molecule has 116 valence electrons. The lowest BCUT2D eigenvalue weighted by Gasteiger charge is -2.03. The lowest BCUT2D eigenvalue weighted by atomic mass is 10.3. The maximum absolute atomic E-state index is 13.1. The number of nitrogens with one attached hydrogen (secondary N) is 1. The van der Waals surface area contributed by atoms with Gasteiger partial charge in [-0.05, 0) is 36.4 Å². The van der Waals surface area contributed by atoms with Crippen molar-refractivity contribution in [3.63, 3.8) is 0 Å². The molecule has 0 saturated carbocycles. The summed E-state index contributed by atoms with van der Waals surface area (Å²) in [5, 5.41) is 2.83. The van der Waals surface area contributed by atoms with Crippen LogP contribution in [0.1, 0.15) is 5.69 Å². The fourth-order valence-electron chi connectivity index (χ4n) is 2.05. The second-order valence-corrected chi connectivity index (χ2v) is 5.43. The number of benzene rings is 1. The zero-order chi connectivity index (χ0) is 16.4. The highest BCUT2D eigenvalue weighted by molar-refractivity contribution is 6.31. The summed E-state index contributed by atoms with van der Waals surface area (Å²) < 4.78 is 14.8. The molecule has 7 heteroatoms. The quantitative estimate of drug-likeness (QED) is 0.711. The smallest absolute Gasteiger partial charge is 0.248 e. The summed E-state index contributed by atoms with van der Waals surface area (Å²) in [6.45, 7) is 0. The average Bonchev–Trinajstić information content (AvgIpc) is 2.84. The molecule has 0 fully saturated rings. The summed E-state index contributed by atoms with van der Waals surface area (Å²) in [5.41, 5.74) is 1.67. The zero-order valence-electron chi connectivity index (χ0n) is 11.6. The van der Waals surface area contributed by atoms with Gasteiger partial charge in [-0.1, -0.05) is 29.3 Å². The summed E-state index contributed by atoms with van der Waals surface area (Å²) >= 11 is 11.7. The molecule has 0 aliphatic carbocycles. The molecule has 23 heavy (non-hydrogen) atoms. The van der Waals surface area contributed by atoms with Crippen LogP contribution >= 0.6 is 23.2 Å². The van der Waals surface area contributed by atoms with Crippen LogP contribution in [-0.2, 0) is 4.79 Å². The lowest BCUT2D eigenvalue weighted by molar-refractivity contribution is -0.111. The number of aromatic nitrogens is 2. The molecule has 0 radical (unpaired) electrons. The van der Waals surface area contributed by atoms with E-state index in [-0.39, 0.29) is 5.02 Å². The van der Waals surface area contributed by atoms with Crippen molar-refractivity contribution in [2.24, 2.45) is 0 Å². The molecule has 0 aliphatic rings. The minimum Gasteiger partial charge on any atom is -0.322 e. The maximum Gasteiger partial charge on any atom is 0.248 e. The van der Waals surface area contributed by atoms with Gasteiger partial charge in [0.15, 0.2) is 5.15 Å². The lowest BCUT2D eigenvalue weighted by Crippen LogP contribution is -2.07. The van der Waals surface area contributed by atoms with Gasteiger partial charge in [-0.15, -0.1) is 0 Å². The van der Waals surface area contributed by atoms with Gasteiger partial charge < -0.3 is 5.32 Å². The fourth-order valence-corrected chi connectivity index (χ4v) is 2.47. The summed E-state index contributed by atoms with van der Waals surface area (Å²) in [4.78, 5) is 16.1. The third-order valence-electron chi connectivity index (χ3n) is 3.10. The van der Waals surface area contributed by atoms with Crippen molar-refractivity contribution >= 4 is 46.5 Å². The van der Waals surface area contributed by atoms with E-state index in [0.717, 1.165) is 0 Å². The number of carbonyl (C=O) groups is 1. The van der Waals surface area contributed by atoms with E-state index in [1.54, 1.807) is 16.7 Å². The Morgan fingerprint density at radius 3 is 2.87 bits per heavy atom. The van der Waals surface area contributed by atoms with Crippen LogP contribution in [0.2, 0.25) is 10.2 Å². The van der Waals surface area contributed by atoms with Crippen molar-refractivity contribution < 1.29 is 9.18 Å². The molecule has 1 N–H and O–H groups in total. The predicted molar refractivity (Wildman–Crippen MR) is 89.3 cm³/mol. The molecule has 3 aromatic rings. The summed E-state index contributed by atoms with van der Waals surface area (Å²) in [5.74, 6) is -0.938. The molecule has 1 aromatic carbocycles. The molecule has 2 aromatic heterocycles. The van der Waals surface area contributed by atoms with E-state index in [2.05, 4.69) is 10.3 Å². The predicted octanol–water partition coefficient (Wildman–Crippen LogP) is 4.43. The highest BCUT2D eigenvalue weighted by atomic mass is 35.5. The standard InChI is InChI=1S/C16H10Cl2FN3O/c17-11-9-10(4-5-12(11)19)20-15(23)7-6-13-16(18)21-14-3-1-2-8-22(13)14/h1-9H,(H,20,23). The van der Waals surface area contributed by atoms with Crippen LogP contribution in [0.3, 0.4) is 0 Å². The normalized spacial score (nSPS) is 11.3. The van der Waals surface area contributed by atoms with E-state index in [4.69, 9.17) is 23.2 Å². The summed E-state index contributed by atoms with van der Waals surface area (Å²) in [6, 6.07) is 9.44. The monoisotopic (exact) mass is 349 g/mol. The van der Waals surface area contributed by atoms with Crippen molar-refractivity contribution in [2.75, 3.05) is 5.32 Å². The Hall–Kier alpha value is -2.37. The number of hydrogen-bond donors (Lipinski definition) is 1. The van der Waals surface area contributed by atoms with Gasteiger partial charge in [0.05, 0.1) is 10.7 Å². The van der Waals surface area contributed by atoms with Crippen molar-refractivity contribution in [1.29, 1.82) is 0 Å². The van der Waals surface area contributed by atoms with Crippen LogP contribution in [0.5, 0.6) is 0 Å². The molecule has 2 heterocycles. The summed E-state index contributed by atoms with van der Waals surface area (Å²) in [6.07, 6.45) is 4.67. The molecule has 0 atom stereocenters. The van der Waals surface area contributed by atoms with Crippen LogP contribution in [0.4, 0.5) is 10.1 Å². The van der Waals surface area contributed by atoms with Gasteiger partial charge in [-0.25, -0.2) is 9.37 Å². The number of fused-ring (bicyclic) bond motifs is 1. The average molecular weight is 350 g/mol. The van der Waals surface area contributed by atoms with Crippen LogP contribution in [0.25, 0.3) is 11.7 Å².